The van der Waals surface area contributed by atoms with Gasteiger partial charge >= 0.3 is 6.09 Å². The van der Waals surface area contributed by atoms with Gasteiger partial charge in [-0.25, -0.2) is 4.79 Å². The Morgan fingerprint density at radius 3 is 2.44 bits per heavy atom. The molecule has 2 saturated heterocycles. The molecule has 0 spiro atoms. The number of benzene rings is 2. The van der Waals surface area contributed by atoms with Crippen molar-refractivity contribution in [3.8, 4) is 12.3 Å². The Bertz CT molecular complexity index is 1700. The molecule has 232 valence electrons. The summed E-state index contributed by atoms with van der Waals surface area (Å²) in [7, 11) is 0. The third-order valence-electron chi connectivity index (χ3n) is 7.92. The van der Waals surface area contributed by atoms with Gasteiger partial charge in [0.15, 0.2) is 12.4 Å². The first-order valence-corrected chi connectivity index (χ1v) is 15.8. The molecule has 6 rings (SSSR count). The summed E-state index contributed by atoms with van der Waals surface area (Å²) in [4.78, 5) is 44.7. The minimum atomic E-state index is -0.811. The number of nitrogens with zero attached hydrogens (tertiary/aromatic N) is 4. The summed E-state index contributed by atoms with van der Waals surface area (Å²) in [6, 6.07) is 18.5. The number of fused-ring (bicyclic) bond motifs is 1. The quantitative estimate of drug-likeness (QED) is 0.263. The number of morpholine rings is 1. The molecule has 45 heavy (non-hydrogen) atoms. The van der Waals surface area contributed by atoms with Crippen molar-refractivity contribution >= 4 is 51.0 Å². The zero-order valence-electron chi connectivity index (χ0n) is 24.7. The number of carbonyl (C=O) groups excluding carboxylic acids is 3. The van der Waals surface area contributed by atoms with Crippen LogP contribution >= 0.6 is 11.3 Å². The molecule has 2 N–H and O–H groups in total. The van der Waals surface area contributed by atoms with Crippen LogP contribution in [0.2, 0.25) is 0 Å². The lowest BCUT2D eigenvalue weighted by Gasteiger charge is -2.28. The van der Waals surface area contributed by atoms with E-state index >= 15 is 0 Å². The zero-order chi connectivity index (χ0) is 31.2. The van der Waals surface area contributed by atoms with Gasteiger partial charge in [0.25, 0.3) is 11.8 Å². The lowest BCUT2D eigenvalue weighted by Crippen LogP contribution is -2.36. The van der Waals surface area contributed by atoms with E-state index in [2.05, 4.69) is 31.5 Å². The summed E-state index contributed by atoms with van der Waals surface area (Å²) in [5.74, 6) is 1.72. The zero-order valence-corrected chi connectivity index (χ0v) is 25.6. The number of thiophene rings is 1. The summed E-state index contributed by atoms with van der Waals surface area (Å²) in [6.07, 6.45) is 6.76. The van der Waals surface area contributed by atoms with Crippen molar-refractivity contribution < 1.29 is 23.9 Å². The molecule has 0 aliphatic carbocycles. The van der Waals surface area contributed by atoms with Crippen molar-refractivity contribution in [2.75, 3.05) is 62.8 Å². The van der Waals surface area contributed by atoms with E-state index in [-0.39, 0.29) is 24.4 Å². The second-order valence-corrected chi connectivity index (χ2v) is 11.9. The minimum Gasteiger partial charge on any atom is -0.435 e. The van der Waals surface area contributed by atoms with Gasteiger partial charge in [-0.2, -0.15) is 4.68 Å². The average molecular weight is 627 g/mol. The van der Waals surface area contributed by atoms with Gasteiger partial charge in [-0.05, 0) is 61.8 Å². The Hall–Kier alpha value is -4.70. The molecule has 2 fully saturated rings. The van der Waals surface area contributed by atoms with Gasteiger partial charge in [-0.1, -0.05) is 36.3 Å². The van der Waals surface area contributed by atoms with Crippen molar-refractivity contribution in [3.05, 3.63) is 76.7 Å². The smallest absolute Gasteiger partial charge is 0.435 e. The molecule has 2 aromatic heterocycles. The number of carbonyl (C=O) groups is 3. The van der Waals surface area contributed by atoms with Gasteiger partial charge in [-0.3, -0.25) is 9.59 Å². The SMILES string of the molecule is C#CCOC(=O)n1nc(NC(=O)c2ccc(N3CCOCC3)cc2)c2sc(C(=O)N[C@H](CN3CCCC3)c3ccccc3)cc21. The second-order valence-electron chi connectivity index (χ2n) is 10.9. The van der Waals surface area contributed by atoms with E-state index in [0.717, 1.165) is 66.3 Å². The maximum atomic E-state index is 13.6. The third-order valence-corrected chi connectivity index (χ3v) is 9.05. The summed E-state index contributed by atoms with van der Waals surface area (Å²) in [5, 5.41) is 10.3. The molecule has 0 saturated carbocycles. The van der Waals surface area contributed by atoms with Crippen LogP contribution in [0.1, 0.15) is 44.5 Å². The van der Waals surface area contributed by atoms with Gasteiger partial charge in [0.2, 0.25) is 0 Å². The molecule has 2 aromatic carbocycles. The highest BCUT2D eigenvalue weighted by atomic mass is 32.1. The molecule has 0 radical (unpaired) electrons. The number of hydrogen-bond donors (Lipinski definition) is 2. The van der Waals surface area contributed by atoms with Crippen LogP contribution < -0.4 is 15.5 Å². The summed E-state index contributed by atoms with van der Waals surface area (Å²) >= 11 is 1.14. The van der Waals surface area contributed by atoms with Crippen LogP contribution in [0.4, 0.5) is 16.3 Å². The highest BCUT2D eigenvalue weighted by molar-refractivity contribution is 7.21. The van der Waals surface area contributed by atoms with E-state index in [4.69, 9.17) is 15.9 Å². The van der Waals surface area contributed by atoms with E-state index in [9.17, 15) is 14.4 Å². The van der Waals surface area contributed by atoms with E-state index in [1.807, 2.05) is 42.5 Å². The van der Waals surface area contributed by atoms with Gasteiger partial charge in [0.05, 0.1) is 34.3 Å². The first-order chi connectivity index (χ1) is 22.0. The Labute approximate surface area is 265 Å². The molecule has 2 amide bonds. The topological polar surface area (TPSA) is 118 Å². The summed E-state index contributed by atoms with van der Waals surface area (Å²) in [6.45, 7) is 5.34. The van der Waals surface area contributed by atoms with Gasteiger partial charge in [-0.15, -0.1) is 22.9 Å². The molecule has 0 bridgehead atoms. The molecule has 2 aliphatic heterocycles. The number of amides is 2. The molecule has 12 heteroatoms. The first-order valence-electron chi connectivity index (χ1n) is 15.0. The number of rotatable bonds is 9. The first kappa shape index (κ1) is 30.3. The van der Waals surface area contributed by atoms with Crippen LogP contribution in [0.25, 0.3) is 10.2 Å². The average Bonchev–Trinajstić information content (AvgIpc) is 3.83. The van der Waals surface area contributed by atoms with E-state index < -0.39 is 12.0 Å². The molecular weight excluding hydrogens is 592 g/mol. The minimum absolute atomic E-state index is 0.144. The lowest BCUT2D eigenvalue weighted by atomic mass is 10.1. The molecule has 11 nitrogen and oxygen atoms in total. The van der Waals surface area contributed by atoms with Crippen LogP contribution in [0, 0.1) is 12.3 Å². The largest absolute Gasteiger partial charge is 0.436 e. The number of terminal acetylenes is 1. The molecule has 0 unspecified atom stereocenters. The normalized spacial score (nSPS) is 15.8. The highest BCUT2D eigenvalue weighted by Gasteiger charge is 2.26. The van der Waals surface area contributed by atoms with Crippen molar-refractivity contribution in [2.45, 2.75) is 18.9 Å². The number of aromatic nitrogens is 2. The van der Waals surface area contributed by atoms with E-state index in [1.165, 1.54) is 0 Å². The summed E-state index contributed by atoms with van der Waals surface area (Å²) in [5.41, 5.74) is 2.77. The number of nitrogens with one attached hydrogen (secondary N) is 2. The van der Waals surface area contributed by atoms with Crippen LogP contribution in [0.3, 0.4) is 0 Å². The fraction of sp³-hybridized carbons (Fsp3) is 0.333. The Kier molecular flexibility index (Phi) is 9.40. The Morgan fingerprint density at radius 2 is 1.73 bits per heavy atom. The number of hydrogen-bond acceptors (Lipinski definition) is 9. The number of ether oxygens (including phenoxy) is 2. The molecule has 1 atom stereocenters. The van der Waals surface area contributed by atoms with Crippen LogP contribution in [-0.4, -0.2) is 85.1 Å². The number of anilines is 2. The maximum absolute atomic E-state index is 13.6. The van der Waals surface area contributed by atoms with Crippen molar-refractivity contribution in [1.29, 1.82) is 0 Å². The Balaban J connectivity index is 1.25. The van der Waals surface area contributed by atoms with Gasteiger partial charge in [0, 0.05) is 30.9 Å². The standard InChI is InChI=1S/C33H34N6O5S/c1-2-18-44-33(42)39-27-21-28(32(41)34-26(22-37-14-6-7-15-37)23-8-4-3-5-9-23)45-29(27)30(36-39)35-31(40)24-10-12-25(13-11-24)38-16-19-43-20-17-38/h1,3-5,8-13,21,26H,6-7,14-20,22H2,(H,34,41)(H,35,36,40)/t26-/m1/s1. The monoisotopic (exact) mass is 626 g/mol. The Morgan fingerprint density at radius 1 is 1.00 bits per heavy atom. The van der Waals surface area contributed by atoms with E-state index in [0.29, 0.717) is 40.4 Å². The van der Waals surface area contributed by atoms with Gasteiger partial charge in [0.1, 0.15) is 0 Å². The maximum Gasteiger partial charge on any atom is 0.436 e. The second kappa shape index (κ2) is 13.9. The molecule has 2 aliphatic rings. The fourth-order valence-corrected chi connectivity index (χ4v) is 6.58. The predicted molar refractivity (Wildman–Crippen MR) is 173 cm³/mol. The van der Waals surface area contributed by atoms with Gasteiger partial charge < -0.3 is 29.9 Å². The fourth-order valence-electron chi connectivity index (χ4n) is 5.60. The van der Waals surface area contributed by atoms with Crippen LogP contribution in [0.5, 0.6) is 0 Å². The van der Waals surface area contributed by atoms with Crippen LogP contribution in [0.15, 0.2) is 60.7 Å². The summed E-state index contributed by atoms with van der Waals surface area (Å²) < 4.78 is 12.0. The van der Waals surface area contributed by atoms with Crippen molar-refractivity contribution in [1.82, 2.24) is 20.0 Å². The molecular formula is C33H34N6O5S. The van der Waals surface area contributed by atoms with Crippen LogP contribution in [-0.2, 0) is 9.47 Å². The lowest BCUT2D eigenvalue weighted by molar-refractivity contribution is 0.0930. The van der Waals surface area contributed by atoms with E-state index in [1.54, 1.807) is 18.2 Å². The third kappa shape index (κ3) is 7.01. The van der Waals surface area contributed by atoms with Crippen molar-refractivity contribution in [2.24, 2.45) is 0 Å². The van der Waals surface area contributed by atoms with Crippen molar-refractivity contribution in [3.63, 3.8) is 0 Å². The number of likely N-dealkylation sites (tertiary alicyclic amines) is 1. The molecule has 4 heterocycles. The highest BCUT2D eigenvalue weighted by Crippen LogP contribution is 2.33. The predicted octanol–water partition coefficient (Wildman–Crippen LogP) is 4.37. The molecule has 4 aromatic rings.